The molecule has 1 unspecified atom stereocenters. The Hall–Kier alpha value is -1.23. The fraction of sp³-hybridized carbons (Fsp3) is 0.600. The SMILES string of the molecule is CSC(C)CCNc1nccn2nc(C(C)(C)C)cc12. The van der Waals surface area contributed by atoms with E-state index in [2.05, 4.69) is 55.4 Å². The van der Waals surface area contributed by atoms with Crippen LogP contribution in [-0.2, 0) is 5.41 Å². The zero-order valence-electron chi connectivity index (χ0n) is 13.0. The van der Waals surface area contributed by atoms with Crippen molar-refractivity contribution < 1.29 is 0 Å². The monoisotopic (exact) mass is 292 g/mol. The summed E-state index contributed by atoms with van der Waals surface area (Å²) in [6, 6.07) is 2.13. The molecule has 0 aliphatic heterocycles. The van der Waals surface area contributed by atoms with Gasteiger partial charge >= 0.3 is 0 Å². The molecular formula is C15H24N4S. The number of nitrogens with zero attached hydrogens (tertiary/aromatic N) is 3. The largest absolute Gasteiger partial charge is 0.368 e. The molecule has 2 aromatic heterocycles. The molecule has 20 heavy (non-hydrogen) atoms. The van der Waals surface area contributed by atoms with E-state index in [9.17, 15) is 0 Å². The first-order valence-electron chi connectivity index (χ1n) is 7.03. The number of anilines is 1. The highest BCUT2D eigenvalue weighted by molar-refractivity contribution is 7.99. The minimum Gasteiger partial charge on any atom is -0.368 e. The molecule has 110 valence electrons. The van der Waals surface area contributed by atoms with Crippen LogP contribution in [0.1, 0.15) is 39.8 Å². The Kier molecular flexibility index (Phi) is 4.58. The summed E-state index contributed by atoms with van der Waals surface area (Å²) in [5.74, 6) is 0.920. The molecule has 0 radical (unpaired) electrons. The van der Waals surface area contributed by atoms with Crippen LogP contribution in [0, 0.1) is 0 Å². The van der Waals surface area contributed by atoms with E-state index < -0.39 is 0 Å². The average molecular weight is 292 g/mol. The lowest BCUT2D eigenvalue weighted by Gasteiger charge is -2.13. The lowest BCUT2D eigenvalue weighted by molar-refractivity contribution is 0.562. The molecule has 0 saturated carbocycles. The summed E-state index contributed by atoms with van der Waals surface area (Å²) in [7, 11) is 0. The Labute approximate surface area is 125 Å². The number of hydrogen-bond acceptors (Lipinski definition) is 4. The third-order valence-electron chi connectivity index (χ3n) is 3.40. The molecule has 0 amide bonds. The van der Waals surface area contributed by atoms with Gasteiger partial charge in [-0.1, -0.05) is 27.7 Å². The van der Waals surface area contributed by atoms with Gasteiger partial charge in [0.2, 0.25) is 0 Å². The Bertz CT molecular complexity index is 571. The Balaban J connectivity index is 2.19. The lowest BCUT2D eigenvalue weighted by Crippen LogP contribution is -2.11. The maximum atomic E-state index is 4.64. The van der Waals surface area contributed by atoms with Crippen LogP contribution in [0.25, 0.3) is 5.52 Å². The topological polar surface area (TPSA) is 42.2 Å². The van der Waals surface area contributed by atoms with Crippen molar-refractivity contribution in [3.63, 3.8) is 0 Å². The molecule has 0 saturated heterocycles. The van der Waals surface area contributed by atoms with Crippen LogP contribution in [0.2, 0.25) is 0 Å². The van der Waals surface area contributed by atoms with Crippen molar-refractivity contribution in [3.05, 3.63) is 24.2 Å². The van der Waals surface area contributed by atoms with E-state index in [1.54, 1.807) is 6.20 Å². The molecule has 2 aromatic rings. The van der Waals surface area contributed by atoms with Crippen LogP contribution in [0.3, 0.4) is 0 Å². The summed E-state index contributed by atoms with van der Waals surface area (Å²) < 4.78 is 1.91. The third-order valence-corrected chi connectivity index (χ3v) is 4.44. The van der Waals surface area contributed by atoms with Crippen LogP contribution >= 0.6 is 11.8 Å². The van der Waals surface area contributed by atoms with Crippen molar-refractivity contribution in [1.29, 1.82) is 0 Å². The van der Waals surface area contributed by atoms with Gasteiger partial charge in [-0.2, -0.15) is 16.9 Å². The van der Waals surface area contributed by atoms with Crippen molar-refractivity contribution >= 4 is 23.1 Å². The molecule has 0 aliphatic carbocycles. The zero-order valence-corrected chi connectivity index (χ0v) is 13.8. The number of aromatic nitrogens is 3. The van der Waals surface area contributed by atoms with Crippen LogP contribution in [0.15, 0.2) is 18.5 Å². The van der Waals surface area contributed by atoms with Crippen molar-refractivity contribution in [2.45, 2.75) is 44.8 Å². The number of nitrogens with one attached hydrogen (secondary N) is 1. The molecule has 1 N–H and O–H groups in total. The second kappa shape index (κ2) is 6.04. The summed E-state index contributed by atoms with van der Waals surface area (Å²) in [4.78, 5) is 4.45. The van der Waals surface area contributed by atoms with E-state index >= 15 is 0 Å². The predicted molar refractivity (Wildman–Crippen MR) is 87.8 cm³/mol. The first kappa shape index (κ1) is 15.2. The molecule has 4 nitrogen and oxygen atoms in total. The van der Waals surface area contributed by atoms with E-state index in [0.717, 1.165) is 30.0 Å². The van der Waals surface area contributed by atoms with Crippen LogP contribution in [0.4, 0.5) is 5.82 Å². The van der Waals surface area contributed by atoms with Crippen LogP contribution in [-0.4, -0.2) is 32.6 Å². The second-order valence-corrected chi connectivity index (χ2v) is 7.42. The van der Waals surface area contributed by atoms with Gasteiger partial charge in [0.05, 0.1) is 5.69 Å². The van der Waals surface area contributed by atoms with Gasteiger partial charge in [-0.25, -0.2) is 9.50 Å². The molecule has 2 rings (SSSR count). The van der Waals surface area contributed by atoms with Gasteiger partial charge in [0.15, 0.2) is 5.82 Å². The maximum absolute atomic E-state index is 4.64. The average Bonchev–Trinajstić information content (AvgIpc) is 2.83. The highest BCUT2D eigenvalue weighted by atomic mass is 32.2. The van der Waals surface area contributed by atoms with Gasteiger partial charge in [-0.3, -0.25) is 0 Å². The van der Waals surface area contributed by atoms with E-state index in [4.69, 9.17) is 0 Å². The minimum absolute atomic E-state index is 0.0522. The summed E-state index contributed by atoms with van der Waals surface area (Å²) in [5.41, 5.74) is 2.19. The van der Waals surface area contributed by atoms with Crippen molar-refractivity contribution in [3.8, 4) is 0 Å². The zero-order chi connectivity index (χ0) is 14.8. The van der Waals surface area contributed by atoms with Gasteiger partial charge in [0.1, 0.15) is 5.52 Å². The normalized spacial score (nSPS) is 13.7. The molecule has 0 spiro atoms. The van der Waals surface area contributed by atoms with Crippen LogP contribution in [0.5, 0.6) is 0 Å². The molecule has 2 heterocycles. The lowest BCUT2D eigenvalue weighted by atomic mass is 9.92. The molecule has 0 bridgehead atoms. The standard InChI is InChI=1S/C15H24N4S/c1-11(20-5)6-7-16-14-12-10-13(15(2,3)4)18-19(12)9-8-17-14/h8-11H,6-7H2,1-5H3,(H,16,17). The van der Waals surface area contributed by atoms with E-state index in [-0.39, 0.29) is 5.41 Å². The number of rotatable bonds is 5. The van der Waals surface area contributed by atoms with Gasteiger partial charge in [0.25, 0.3) is 0 Å². The van der Waals surface area contributed by atoms with Crippen molar-refractivity contribution in [1.82, 2.24) is 14.6 Å². The molecule has 0 aliphatic rings. The smallest absolute Gasteiger partial charge is 0.152 e. The highest BCUT2D eigenvalue weighted by Crippen LogP contribution is 2.24. The number of thioether (sulfide) groups is 1. The first-order valence-corrected chi connectivity index (χ1v) is 8.32. The highest BCUT2D eigenvalue weighted by Gasteiger charge is 2.18. The fourth-order valence-electron chi connectivity index (χ4n) is 1.94. The quantitative estimate of drug-likeness (QED) is 0.914. The first-order chi connectivity index (χ1) is 9.41. The van der Waals surface area contributed by atoms with E-state index in [1.165, 1.54) is 0 Å². The Morgan fingerprint density at radius 2 is 2.15 bits per heavy atom. The van der Waals surface area contributed by atoms with Crippen LogP contribution < -0.4 is 5.32 Å². The predicted octanol–water partition coefficient (Wildman–Crippen LogP) is 3.58. The van der Waals surface area contributed by atoms with Gasteiger partial charge in [-0.15, -0.1) is 0 Å². The second-order valence-electron chi connectivity index (χ2n) is 6.15. The van der Waals surface area contributed by atoms with Crippen molar-refractivity contribution in [2.24, 2.45) is 0 Å². The minimum atomic E-state index is 0.0522. The summed E-state index contributed by atoms with van der Waals surface area (Å²) in [6.07, 6.45) is 6.98. The van der Waals surface area contributed by atoms with Gasteiger partial charge in [-0.05, 0) is 18.7 Å². The van der Waals surface area contributed by atoms with Gasteiger partial charge < -0.3 is 5.32 Å². The molecule has 5 heteroatoms. The summed E-state index contributed by atoms with van der Waals surface area (Å²) in [6.45, 7) is 9.71. The maximum Gasteiger partial charge on any atom is 0.152 e. The van der Waals surface area contributed by atoms with E-state index in [0.29, 0.717) is 5.25 Å². The molecule has 1 atom stereocenters. The van der Waals surface area contributed by atoms with Gasteiger partial charge in [0, 0.05) is 29.6 Å². The summed E-state index contributed by atoms with van der Waals surface area (Å²) in [5, 5.41) is 8.73. The van der Waals surface area contributed by atoms with E-state index in [1.807, 2.05) is 22.5 Å². The third kappa shape index (κ3) is 3.45. The molecular weight excluding hydrogens is 268 g/mol. The summed E-state index contributed by atoms with van der Waals surface area (Å²) >= 11 is 1.89. The Morgan fingerprint density at radius 1 is 1.40 bits per heavy atom. The number of hydrogen-bond donors (Lipinski definition) is 1. The molecule has 0 fully saturated rings. The molecule has 0 aromatic carbocycles. The van der Waals surface area contributed by atoms with Crippen molar-refractivity contribution in [2.75, 3.05) is 18.1 Å². The number of fused-ring (bicyclic) bond motifs is 1. The fourth-order valence-corrected chi connectivity index (χ4v) is 2.29. The Morgan fingerprint density at radius 3 is 2.80 bits per heavy atom.